The van der Waals surface area contributed by atoms with Gasteiger partial charge < -0.3 is 10.2 Å². The van der Waals surface area contributed by atoms with Gasteiger partial charge in [-0.25, -0.2) is 8.42 Å². The van der Waals surface area contributed by atoms with Crippen molar-refractivity contribution < 1.29 is 18.0 Å². The number of amides is 2. The average molecular weight is 604 g/mol. The maximum absolute atomic E-state index is 14.1. The Labute approximate surface area is 257 Å². The summed E-state index contributed by atoms with van der Waals surface area (Å²) in [7, 11) is -4.08. The van der Waals surface area contributed by atoms with Crippen LogP contribution in [0.4, 0.5) is 5.69 Å². The number of carbonyl (C=O) groups is 2. The van der Waals surface area contributed by atoms with Gasteiger partial charge in [-0.2, -0.15) is 0 Å². The molecule has 1 saturated carbocycles. The number of nitrogens with zero attached hydrogens (tertiary/aromatic N) is 2. The molecule has 230 valence electrons. The van der Waals surface area contributed by atoms with Crippen LogP contribution in [0.1, 0.15) is 75.5 Å². The summed E-state index contributed by atoms with van der Waals surface area (Å²) in [6, 6.07) is 23.1. The second-order valence-corrected chi connectivity index (χ2v) is 13.8. The third-order valence-electron chi connectivity index (χ3n) is 8.34. The molecule has 7 nitrogen and oxygen atoms in total. The van der Waals surface area contributed by atoms with Crippen LogP contribution in [0.15, 0.2) is 83.8 Å². The van der Waals surface area contributed by atoms with Crippen molar-refractivity contribution in [2.24, 2.45) is 0 Å². The first kappa shape index (κ1) is 32.3. The summed E-state index contributed by atoms with van der Waals surface area (Å²) in [5.74, 6) is -0.358. The van der Waals surface area contributed by atoms with E-state index in [-0.39, 0.29) is 29.3 Å². The fourth-order valence-electron chi connectivity index (χ4n) is 5.53. The van der Waals surface area contributed by atoms with Gasteiger partial charge in [0, 0.05) is 12.6 Å². The molecule has 3 aromatic carbocycles. The number of benzene rings is 3. The summed E-state index contributed by atoms with van der Waals surface area (Å²) >= 11 is 0. The number of anilines is 1. The van der Waals surface area contributed by atoms with Gasteiger partial charge >= 0.3 is 0 Å². The zero-order chi connectivity index (χ0) is 31.0. The fraction of sp³-hybridized carbons (Fsp3) is 0.429. The molecule has 8 heteroatoms. The molecule has 4 rings (SSSR count). The van der Waals surface area contributed by atoms with E-state index in [0.29, 0.717) is 12.1 Å². The molecule has 0 radical (unpaired) electrons. The molecule has 3 aromatic rings. The number of carbonyl (C=O) groups excluding carboxylic acids is 2. The van der Waals surface area contributed by atoms with Crippen LogP contribution in [0, 0.1) is 6.92 Å². The van der Waals surface area contributed by atoms with Crippen molar-refractivity contribution in [3.63, 3.8) is 0 Å². The zero-order valence-corrected chi connectivity index (χ0v) is 26.6. The van der Waals surface area contributed by atoms with Crippen LogP contribution < -0.4 is 9.62 Å². The van der Waals surface area contributed by atoms with Crippen LogP contribution in [-0.2, 0) is 26.0 Å². The average Bonchev–Trinajstić information content (AvgIpc) is 3.01. The van der Waals surface area contributed by atoms with Crippen LogP contribution >= 0.6 is 0 Å². The van der Waals surface area contributed by atoms with Crippen LogP contribution in [0.5, 0.6) is 0 Å². The Balaban J connectivity index is 1.65. The minimum Gasteiger partial charge on any atom is -0.352 e. The number of nitrogens with one attached hydrogen (secondary N) is 1. The molecule has 0 saturated heterocycles. The first-order chi connectivity index (χ1) is 20.6. The van der Waals surface area contributed by atoms with Crippen LogP contribution in [0.25, 0.3) is 0 Å². The van der Waals surface area contributed by atoms with E-state index in [2.05, 4.69) is 19.2 Å². The summed E-state index contributed by atoms with van der Waals surface area (Å²) in [6.45, 7) is 7.64. The molecular formula is C35H45N3O4S. The maximum Gasteiger partial charge on any atom is 0.264 e. The highest BCUT2D eigenvalue weighted by molar-refractivity contribution is 7.92. The molecule has 0 aromatic heterocycles. The van der Waals surface area contributed by atoms with E-state index in [9.17, 15) is 18.0 Å². The molecule has 0 bridgehead atoms. The van der Waals surface area contributed by atoms with Crippen molar-refractivity contribution >= 4 is 27.5 Å². The van der Waals surface area contributed by atoms with E-state index in [1.54, 1.807) is 43.3 Å². The lowest BCUT2D eigenvalue weighted by atomic mass is 9.95. The second kappa shape index (κ2) is 14.7. The molecule has 1 N–H and O–H groups in total. The van der Waals surface area contributed by atoms with Gasteiger partial charge in [0.25, 0.3) is 10.0 Å². The molecule has 0 spiro atoms. The summed E-state index contributed by atoms with van der Waals surface area (Å²) in [4.78, 5) is 29.2. The Morgan fingerprint density at radius 1 is 0.860 bits per heavy atom. The molecule has 1 atom stereocenters. The normalized spacial score (nSPS) is 14.7. The van der Waals surface area contributed by atoms with Crippen LogP contribution in [0.3, 0.4) is 0 Å². The highest BCUT2D eigenvalue weighted by Gasteiger charge is 2.33. The minimum absolute atomic E-state index is 0.104. The second-order valence-electron chi connectivity index (χ2n) is 11.9. The van der Waals surface area contributed by atoms with Crippen LogP contribution in [-0.4, -0.2) is 50.3 Å². The van der Waals surface area contributed by atoms with Gasteiger partial charge in [0.2, 0.25) is 11.8 Å². The van der Waals surface area contributed by atoms with E-state index < -0.39 is 28.5 Å². The van der Waals surface area contributed by atoms with Crippen molar-refractivity contribution in [1.29, 1.82) is 0 Å². The molecule has 0 aliphatic heterocycles. The van der Waals surface area contributed by atoms with Gasteiger partial charge in [0.05, 0.1) is 10.6 Å². The molecular weight excluding hydrogens is 558 g/mol. The first-order valence-electron chi connectivity index (χ1n) is 15.4. The lowest BCUT2D eigenvalue weighted by Crippen LogP contribution is -2.53. The number of aryl methyl sites for hydroxylation is 1. The Morgan fingerprint density at radius 3 is 2.09 bits per heavy atom. The lowest BCUT2D eigenvalue weighted by molar-refractivity contribution is -0.139. The van der Waals surface area contributed by atoms with E-state index >= 15 is 0 Å². The summed E-state index contributed by atoms with van der Waals surface area (Å²) in [5, 5.41) is 3.15. The maximum atomic E-state index is 14.1. The summed E-state index contributed by atoms with van der Waals surface area (Å²) in [6.07, 6.45) is 5.75. The topological polar surface area (TPSA) is 86.8 Å². The van der Waals surface area contributed by atoms with E-state index in [4.69, 9.17) is 0 Å². The fourth-order valence-corrected chi connectivity index (χ4v) is 6.94. The smallest absolute Gasteiger partial charge is 0.264 e. The number of hydrogen-bond acceptors (Lipinski definition) is 4. The van der Waals surface area contributed by atoms with Gasteiger partial charge in [-0.05, 0) is 74.4 Å². The van der Waals surface area contributed by atoms with Crippen molar-refractivity contribution in [3.8, 4) is 0 Å². The first-order valence-corrected chi connectivity index (χ1v) is 16.8. The Morgan fingerprint density at radius 2 is 1.49 bits per heavy atom. The lowest BCUT2D eigenvalue weighted by Gasteiger charge is -2.33. The SMILES string of the molecule is Cc1ccc(S(=O)(=O)N(CC(=O)N(CCc2ccccc2)[C@@H](C)C(=O)NC2CCCCC2)c2ccc(C(C)C)cc2)cc1. The quantitative estimate of drug-likeness (QED) is 0.266. The number of sulfonamides is 1. The van der Waals surface area contributed by atoms with Gasteiger partial charge in [-0.3, -0.25) is 13.9 Å². The molecule has 1 aliphatic carbocycles. The van der Waals surface area contributed by atoms with Gasteiger partial charge in [-0.15, -0.1) is 0 Å². The molecule has 0 heterocycles. The molecule has 2 amide bonds. The van der Waals surface area contributed by atoms with E-state index in [1.807, 2.05) is 49.4 Å². The largest absolute Gasteiger partial charge is 0.352 e. The van der Waals surface area contributed by atoms with Crippen molar-refractivity contribution in [3.05, 3.63) is 95.6 Å². The van der Waals surface area contributed by atoms with Gasteiger partial charge in [-0.1, -0.05) is 93.3 Å². The summed E-state index contributed by atoms with van der Waals surface area (Å²) < 4.78 is 29.3. The predicted octanol–water partition coefficient (Wildman–Crippen LogP) is 6.22. The monoisotopic (exact) mass is 603 g/mol. The summed E-state index contributed by atoms with van der Waals surface area (Å²) in [5.41, 5.74) is 3.45. The van der Waals surface area contributed by atoms with Crippen molar-refractivity contribution in [2.45, 2.75) is 89.1 Å². The number of hydrogen-bond donors (Lipinski definition) is 1. The van der Waals surface area contributed by atoms with Crippen molar-refractivity contribution in [1.82, 2.24) is 10.2 Å². The standard InChI is InChI=1S/C35H45N3O4S/c1-26(2)30-17-19-32(20-18-30)38(43(41,42)33-21-15-27(3)16-22-33)25-34(39)37(24-23-29-11-7-5-8-12-29)28(4)35(40)36-31-13-9-6-10-14-31/h5,7-8,11-12,15-22,26,28,31H,6,9-10,13-14,23-25H2,1-4H3,(H,36,40)/t28-/m0/s1. The van der Waals surface area contributed by atoms with Crippen molar-refractivity contribution in [2.75, 3.05) is 17.4 Å². The minimum atomic E-state index is -4.08. The predicted molar refractivity (Wildman–Crippen MR) is 173 cm³/mol. The molecule has 1 fully saturated rings. The van der Waals surface area contributed by atoms with Crippen LogP contribution in [0.2, 0.25) is 0 Å². The third-order valence-corrected chi connectivity index (χ3v) is 10.1. The number of rotatable bonds is 12. The molecule has 0 unspecified atom stereocenters. The highest BCUT2D eigenvalue weighted by atomic mass is 32.2. The zero-order valence-electron chi connectivity index (χ0n) is 25.8. The Bertz CT molecular complexity index is 1450. The van der Waals surface area contributed by atoms with Gasteiger partial charge in [0.15, 0.2) is 0 Å². The highest BCUT2D eigenvalue weighted by Crippen LogP contribution is 2.27. The van der Waals surface area contributed by atoms with Gasteiger partial charge in [0.1, 0.15) is 12.6 Å². The van der Waals surface area contributed by atoms with E-state index in [1.165, 1.54) is 15.6 Å². The third kappa shape index (κ3) is 8.47. The Hall–Kier alpha value is -3.65. The molecule has 43 heavy (non-hydrogen) atoms. The molecule has 1 aliphatic rings. The Kier molecular flexibility index (Phi) is 11.0. The van der Waals surface area contributed by atoms with E-state index in [0.717, 1.165) is 42.4 Å².